The summed E-state index contributed by atoms with van der Waals surface area (Å²) in [6.45, 7) is 17.1. The summed E-state index contributed by atoms with van der Waals surface area (Å²) in [5.41, 5.74) is -0.812. The van der Waals surface area contributed by atoms with Crippen LogP contribution < -0.4 is 16.0 Å². The molecule has 270 valence electrons. The molecule has 2 aromatic rings. The van der Waals surface area contributed by atoms with Crippen LogP contribution in [0.3, 0.4) is 0 Å². The Labute approximate surface area is 288 Å². The Morgan fingerprint density at radius 3 is 2.20 bits per heavy atom. The summed E-state index contributed by atoms with van der Waals surface area (Å²) in [7, 11) is 0. The lowest BCUT2D eigenvalue weighted by molar-refractivity contribution is -0.142. The molecule has 1 aliphatic heterocycles. The fraction of sp³-hybridized carbons (Fsp3) is 0.657. The van der Waals surface area contributed by atoms with Crippen molar-refractivity contribution < 1.29 is 33.5 Å². The van der Waals surface area contributed by atoms with Crippen LogP contribution in [0.2, 0.25) is 0 Å². The average Bonchev–Trinajstić information content (AvgIpc) is 3.71. The highest BCUT2D eigenvalue weighted by Gasteiger charge is 2.41. The van der Waals surface area contributed by atoms with Gasteiger partial charge >= 0.3 is 0 Å². The number of hydrogen-bond donors (Lipinski definition) is 4. The van der Waals surface area contributed by atoms with Crippen molar-refractivity contribution in [3.63, 3.8) is 0 Å². The molecule has 0 spiro atoms. The Hall–Kier alpha value is -4.36. The predicted molar refractivity (Wildman–Crippen MR) is 182 cm³/mol. The first-order valence-electron chi connectivity index (χ1n) is 17.1. The zero-order chi connectivity index (χ0) is 36.7. The molecule has 3 heterocycles. The van der Waals surface area contributed by atoms with E-state index in [1.54, 1.807) is 13.8 Å². The molecule has 0 aliphatic carbocycles. The third-order valence-electron chi connectivity index (χ3n) is 8.50. The minimum Gasteiger partial charge on any atom is -0.506 e. The molecule has 0 radical (unpaired) electrons. The normalized spacial score (nSPS) is 16.4. The van der Waals surface area contributed by atoms with Gasteiger partial charge in [-0.1, -0.05) is 54.9 Å². The van der Waals surface area contributed by atoms with E-state index < -0.39 is 40.8 Å². The summed E-state index contributed by atoms with van der Waals surface area (Å²) >= 11 is 0. The van der Waals surface area contributed by atoms with E-state index in [2.05, 4.69) is 31.1 Å². The van der Waals surface area contributed by atoms with E-state index in [-0.39, 0.29) is 53.3 Å². The SMILES string of the molecule is CC(C)[C@H](NC(=O)[C@H]1CCCN1C(=O)[C@@H](NC(=O)CCCCC(C)(C)NC(=O)c1ccc(O)cn1)C(C)C)C(=O)c1nnc(C(C)(C)C)o1. The maximum Gasteiger partial charge on any atom is 0.286 e. The van der Waals surface area contributed by atoms with E-state index >= 15 is 0 Å². The van der Waals surface area contributed by atoms with Gasteiger partial charge in [-0.2, -0.15) is 0 Å². The average molecular weight is 684 g/mol. The van der Waals surface area contributed by atoms with Crippen LogP contribution in [0, 0.1) is 11.8 Å². The minimum atomic E-state index is -0.929. The number of likely N-dealkylation sites (tertiary alicyclic amines) is 1. The third kappa shape index (κ3) is 10.8. The quantitative estimate of drug-likeness (QED) is 0.159. The first-order valence-corrected chi connectivity index (χ1v) is 17.1. The molecule has 0 bridgehead atoms. The minimum absolute atomic E-state index is 0.0263. The number of aromatic hydroxyl groups is 1. The number of carbonyl (C=O) groups is 5. The lowest BCUT2D eigenvalue weighted by Crippen LogP contribution is -2.57. The van der Waals surface area contributed by atoms with E-state index in [1.807, 2.05) is 48.5 Å². The standard InChI is InChI=1S/C35H53N7O7/c1-20(2)26(28(45)31-40-41-33(49-31)34(5,6)7)38-30(47)24-13-12-18-42(24)32(48)27(21(3)4)37-25(44)14-10-11-17-35(8,9)39-29(46)23-16-15-22(43)19-36-23/h15-16,19-21,24,26-27,43H,10-14,17-18H2,1-9H3,(H,37,44)(H,38,47)(H,39,46)/t24-,26+,27+/m1/s1. The fourth-order valence-electron chi connectivity index (χ4n) is 5.59. The van der Waals surface area contributed by atoms with Crippen molar-refractivity contribution in [2.45, 2.75) is 130 Å². The maximum atomic E-state index is 13.8. The molecule has 14 nitrogen and oxygen atoms in total. The van der Waals surface area contributed by atoms with Crippen LogP contribution in [0.1, 0.15) is 128 Å². The van der Waals surface area contributed by atoms with E-state index in [0.29, 0.717) is 44.5 Å². The van der Waals surface area contributed by atoms with Crippen LogP contribution >= 0.6 is 0 Å². The van der Waals surface area contributed by atoms with E-state index in [9.17, 15) is 29.1 Å². The predicted octanol–water partition coefficient (Wildman–Crippen LogP) is 3.69. The van der Waals surface area contributed by atoms with Gasteiger partial charge in [0.1, 0.15) is 23.5 Å². The largest absolute Gasteiger partial charge is 0.506 e. The van der Waals surface area contributed by atoms with Gasteiger partial charge in [-0.25, -0.2) is 4.98 Å². The number of ketones is 1. The van der Waals surface area contributed by atoms with Crippen molar-refractivity contribution in [1.29, 1.82) is 0 Å². The van der Waals surface area contributed by atoms with Crippen LogP contribution in [0.5, 0.6) is 5.75 Å². The molecular formula is C35H53N7O7. The van der Waals surface area contributed by atoms with E-state index in [4.69, 9.17) is 4.42 Å². The van der Waals surface area contributed by atoms with Gasteiger partial charge in [-0.05, 0) is 63.5 Å². The molecule has 0 aromatic carbocycles. The maximum absolute atomic E-state index is 13.8. The second-order valence-corrected chi connectivity index (χ2v) is 15.2. The van der Waals surface area contributed by atoms with Gasteiger partial charge in [0, 0.05) is 23.9 Å². The van der Waals surface area contributed by atoms with Crippen LogP contribution in [-0.4, -0.2) is 84.8 Å². The highest BCUT2D eigenvalue weighted by atomic mass is 16.4. The second kappa shape index (κ2) is 16.4. The van der Waals surface area contributed by atoms with Gasteiger partial charge < -0.3 is 30.4 Å². The Bertz CT molecular complexity index is 1480. The van der Waals surface area contributed by atoms with Crippen LogP contribution in [0.25, 0.3) is 0 Å². The molecule has 3 atom stereocenters. The number of hydrogen-bond acceptors (Lipinski definition) is 10. The Morgan fingerprint density at radius 2 is 1.63 bits per heavy atom. The molecule has 1 saturated heterocycles. The molecule has 2 aromatic heterocycles. The van der Waals surface area contributed by atoms with Gasteiger partial charge in [0.2, 0.25) is 29.4 Å². The number of pyridine rings is 1. The number of rotatable bonds is 15. The van der Waals surface area contributed by atoms with Crippen molar-refractivity contribution in [2.24, 2.45) is 11.8 Å². The molecule has 49 heavy (non-hydrogen) atoms. The van der Waals surface area contributed by atoms with Crippen LogP contribution in [0.4, 0.5) is 0 Å². The van der Waals surface area contributed by atoms with Gasteiger partial charge in [-0.15, -0.1) is 10.2 Å². The van der Waals surface area contributed by atoms with Crippen molar-refractivity contribution in [3.8, 4) is 5.75 Å². The topological polar surface area (TPSA) is 197 Å². The third-order valence-corrected chi connectivity index (χ3v) is 8.50. The number of carbonyl (C=O) groups excluding carboxylic acids is 5. The van der Waals surface area contributed by atoms with Gasteiger partial charge in [0.25, 0.3) is 11.8 Å². The van der Waals surface area contributed by atoms with Gasteiger partial charge in [-0.3, -0.25) is 24.0 Å². The summed E-state index contributed by atoms with van der Waals surface area (Å²) in [5, 5.41) is 26.0. The lowest BCUT2D eigenvalue weighted by atomic mass is 9.96. The smallest absolute Gasteiger partial charge is 0.286 e. The Balaban J connectivity index is 1.55. The van der Waals surface area contributed by atoms with Crippen LogP contribution in [0.15, 0.2) is 22.7 Å². The Morgan fingerprint density at radius 1 is 0.959 bits per heavy atom. The number of nitrogens with zero attached hydrogens (tertiary/aromatic N) is 4. The molecule has 3 rings (SSSR count). The van der Waals surface area contributed by atoms with Crippen molar-refractivity contribution >= 4 is 29.4 Å². The van der Waals surface area contributed by atoms with E-state index in [1.165, 1.54) is 23.2 Å². The van der Waals surface area contributed by atoms with Crippen molar-refractivity contribution in [3.05, 3.63) is 35.8 Å². The zero-order valence-corrected chi connectivity index (χ0v) is 30.3. The molecule has 0 saturated carbocycles. The fourth-order valence-corrected chi connectivity index (χ4v) is 5.59. The first-order chi connectivity index (χ1) is 22.8. The number of aromatic nitrogens is 3. The van der Waals surface area contributed by atoms with Gasteiger partial charge in [0.05, 0.1) is 12.2 Å². The molecule has 1 aliphatic rings. The van der Waals surface area contributed by atoms with Crippen LogP contribution in [-0.2, 0) is 19.8 Å². The lowest BCUT2D eigenvalue weighted by Gasteiger charge is -2.31. The summed E-state index contributed by atoms with van der Waals surface area (Å²) in [4.78, 5) is 71.6. The molecule has 14 heteroatoms. The molecular weight excluding hydrogens is 630 g/mol. The highest BCUT2D eigenvalue weighted by Crippen LogP contribution is 2.24. The summed E-state index contributed by atoms with van der Waals surface area (Å²) in [6, 6.07) is 0.292. The molecule has 4 amide bonds. The highest BCUT2D eigenvalue weighted by molar-refractivity contribution is 6.00. The number of unbranched alkanes of at least 4 members (excludes halogenated alkanes) is 1. The first kappa shape index (κ1) is 39.1. The Kier molecular flexibility index (Phi) is 13.0. The monoisotopic (exact) mass is 683 g/mol. The second-order valence-electron chi connectivity index (χ2n) is 15.2. The molecule has 1 fully saturated rings. The molecule has 0 unspecified atom stereocenters. The summed E-state index contributed by atoms with van der Waals surface area (Å²) in [5.74, 6) is -2.32. The summed E-state index contributed by atoms with van der Waals surface area (Å²) in [6.07, 6.45) is 4.23. The van der Waals surface area contributed by atoms with Crippen molar-refractivity contribution in [1.82, 2.24) is 36.0 Å². The molecule has 4 N–H and O–H groups in total. The van der Waals surface area contributed by atoms with Gasteiger partial charge in [0.15, 0.2) is 0 Å². The zero-order valence-electron chi connectivity index (χ0n) is 30.3. The number of nitrogens with one attached hydrogen (secondary N) is 3. The van der Waals surface area contributed by atoms with Crippen molar-refractivity contribution in [2.75, 3.05) is 6.54 Å². The van der Waals surface area contributed by atoms with E-state index in [0.717, 1.165) is 0 Å². The number of amides is 4. The summed E-state index contributed by atoms with van der Waals surface area (Å²) < 4.78 is 5.64. The number of Topliss-reactive ketones (excluding diaryl/α,β-unsaturated/α-hetero) is 1.